The van der Waals surface area contributed by atoms with Gasteiger partial charge in [0.15, 0.2) is 5.78 Å². The molecule has 0 saturated heterocycles. The van der Waals surface area contributed by atoms with Gasteiger partial charge in [0, 0.05) is 22.4 Å². The molecule has 17 rings (SSSR count). The third-order valence-corrected chi connectivity index (χ3v) is 27.1. The van der Waals surface area contributed by atoms with Gasteiger partial charge in [0.2, 0.25) is 0 Å². The van der Waals surface area contributed by atoms with Gasteiger partial charge in [0.1, 0.15) is 0 Å². The predicted octanol–water partition coefficient (Wildman–Crippen LogP) is 34.7. The Hall–Kier alpha value is -9.96. The summed E-state index contributed by atoms with van der Waals surface area (Å²) in [4.78, 5) is 33.5. The van der Waals surface area contributed by atoms with Crippen molar-refractivity contribution in [2.45, 2.75) is 216 Å². The van der Waals surface area contributed by atoms with E-state index in [0.29, 0.717) is 17.5 Å². The van der Waals surface area contributed by atoms with Crippen molar-refractivity contribution in [3.8, 4) is 0 Å². The van der Waals surface area contributed by atoms with Crippen LogP contribution in [-0.2, 0) is 32.5 Å². The summed E-state index contributed by atoms with van der Waals surface area (Å²) in [6.07, 6.45) is 37.7. The number of ketones is 1. The summed E-state index contributed by atoms with van der Waals surface area (Å²) in [5.74, 6) is -1.52. The molecule has 0 fully saturated rings. The second kappa shape index (κ2) is 53.1. The molecule has 6 nitrogen and oxygen atoms in total. The van der Waals surface area contributed by atoms with Crippen LogP contribution in [-0.4, -0.2) is 44.1 Å². The minimum Gasteiger partial charge on any atom is -0.870 e. The van der Waals surface area contributed by atoms with E-state index in [4.69, 9.17) is 56.6 Å². The molecule has 6 aliphatic carbocycles. The zero-order valence-corrected chi connectivity index (χ0v) is 90.5. The molecule has 720 valence electrons. The van der Waals surface area contributed by atoms with Crippen molar-refractivity contribution in [2.75, 3.05) is 10.7 Å². The van der Waals surface area contributed by atoms with Crippen LogP contribution in [0, 0.1) is 20.8 Å². The topological polar surface area (TPSA) is 122 Å². The smallest absolute Gasteiger partial charge is 0.870 e. The Balaban J connectivity index is 0.000000286. The summed E-state index contributed by atoms with van der Waals surface area (Å²) in [6, 6.07) is 79.0. The number of Topliss-reactive ketones (excluding diaryl/α,β-unsaturated/α-hetero) is 1. The van der Waals surface area contributed by atoms with Gasteiger partial charge >= 0.3 is 30.8 Å². The molecule has 0 unspecified atom stereocenters. The molecule has 3 N–H and O–H groups in total. The number of alkyl halides is 4. The van der Waals surface area contributed by atoms with Crippen molar-refractivity contribution in [3.05, 3.63) is 421 Å². The molecule has 0 radical (unpaired) electrons. The largest absolute Gasteiger partial charge is 1.00 e. The van der Waals surface area contributed by atoms with E-state index in [1.165, 1.54) is 138 Å². The number of aryl methyl sites for hydroxylation is 3. The fourth-order valence-electron chi connectivity index (χ4n) is 17.2. The third-order valence-electron chi connectivity index (χ3n) is 26.2. The number of rotatable bonds is 11. The van der Waals surface area contributed by atoms with Gasteiger partial charge in [-0.15, -0.1) is 46.4 Å². The van der Waals surface area contributed by atoms with Gasteiger partial charge in [-0.2, -0.15) is 0 Å². The molecule has 0 spiro atoms. The Labute approximate surface area is 873 Å². The molecule has 0 atom stereocenters. The second-order valence-corrected chi connectivity index (χ2v) is 43.1. The maximum Gasteiger partial charge on any atom is 1.00 e. The summed E-state index contributed by atoms with van der Waals surface area (Å²) in [5, 5.41) is 18.3. The Kier molecular flexibility index (Phi) is 44.9. The third kappa shape index (κ3) is 33.1. The molecule has 11 aromatic rings. The molecule has 11 aromatic carbocycles. The van der Waals surface area contributed by atoms with Crippen molar-refractivity contribution >= 4 is 179 Å². The summed E-state index contributed by atoms with van der Waals surface area (Å²) in [6.45, 7) is 48.4. The van der Waals surface area contributed by atoms with E-state index >= 15 is 0 Å². The molecule has 0 aromatic heterocycles. The Morgan fingerprint density at radius 3 is 0.754 bits per heavy atom. The molecule has 138 heavy (non-hydrogen) atoms. The first-order valence-corrected chi connectivity index (χ1v) is 50.1. The minimum absolute atomic E-state index is 0. The average molecular weight is 2050 g/mol. The minimum atomic E-state index is -0.898. The maximum atomic E-state index is 11.7. The number of hydrogen-bond acceptors (Lipinski definition) is 4. The molecular weight excluding hydrogens is 1910 g/mol. The zero-order valence-electron chi connectivity index (χ0n) is 84.3. The summed E-state index contributed by atoms with van der Waals surface area (Å²) >= 11 is 26.0. The summed E-state index contributed by atoms with van der Waals surface area (Å²) < 4.78 is 2.16. The molecule has 6 aliphatic rings. The molecule has 14 heteroatoms. The second-order valence-electron chi connectivity index (χ2n) is 39.6. The Morgan fingerprint density at radius 1 is 0.319 bits per heavy atom. The van der Waals surface area contributed by atoms with Crippen LogP contribution in [0.5, 0.6) is 0 Å². The first kappa shape index (κ1) is 117. The quantitative estimate of drug-likeness (QED) is 0.0756. The first-order chi connectivity index (χ1) is 63.8. The van der Waals surface area contributed by atoms with Gasteiger partial charge in [0.25, 0.3) is 0 Å². The summed E-state index contributed by atoms with van der Waals surface area (Å²) in [7, 11) is 0. The summed E-state index contributed by atoms with van der Waals surface area (Å²) in [5.41, 5.74) is 39.4. The molecule has 0 bridgehead atoms. The van der Waals surface area contributed by atoms with E-state index in [1.807, 2.05) is 54.6 Å². The van der Waals surface area contributed by atoms with E-state index in [2.05, 4.69) is 414 Å². The van der Waals surface area contributed by atoms with Crippen LogP contribution >= 0.6 is 78.3 Å². The van der Waals surface area contributed by atoms with Crippen molar-refractivity contribution in [1.82, 2.24) is 0 Å². The zero-order chi connectivity index (χ0) is 98.9. The van der Waals surface area contributed by atoms with Crippen molar-refractivity contribution in [3.63, 3.8) is 0 Å². The monoisotopic (exact) mass is 2050 g/mol. The standard InChI is InChI=1S/2C22H22O2.2C22H24.C13H15Br.C12H13BrO.C9H10.2CH2Cl2.FH.Li.H2O.H2/c2*1-15-12-13-22(2,3)20-11-8-17(14-19(15)20)5-4-16-6-9-18(10-7-16)21(23)24;2*1-16-5-7-18(8-6-16)9-10-19-11-12-21-20(15-19)17(2)13-14-22(21,3)4;1-9-6-7-13(2,3)12-5-4-10(14)8-11(9)12;1-12(2)6-5-11(14)9-7-8(13)3-4-10(9)12;1-3-9-6-4-8(2)5-7-9;2*2-1-3;;;;/h2*4-12,14H,13H2,1-3H3,(H,23,24);2*5-13,15H,14H2,1-4H3;4-6,8H,7H2,1-3H3;3-4,7H,5-6H2,1-2H3;3-7H,1H2,2H3;2*1H2;1H;;1H2;1H/q;;;;;;;;;;+1;;/p-1/b2*5-4+;2*10-9+;;;;;;;;;/i;;;;;;;;;;;;1+2. The number of benzene rings is 11. The molecular formula is C124H138Br2Cl4FLiO6. The molecule has 0 heterocycles. The number of carboxylic acids is 2. The normalized spacial score (nSPS) is 15.5. The number of carboxylic acid groups (broad SMARTS) is 2. The molecule has 0 saturated carbocycles. The number of halogens is 7. The van der Waals surface area contributed by atoms with Crippen LogP contribution in [0.3, 0.4) is 0 Å². The molecule has 0 amide bonds. The number of carbonyl (C=O) groups excluding carboxylic acids is 1. The number of aromatic carboxylic acids is 2. The van der Waals surface area contributed by atoms with Gasteiger partial charge in [-0.05, 0) is 338 Å². The van der Waals surface area contributed by atoms with E-state index < -0.39 is 11.9 Å². The molecule has 0 aliphatic heterocycles. The van der Waals surface area contributed by atoms with Crippen LogP contribution in [0.4, 0.5) is 4.70 Å². The van der Waals surface area contributed by atoms with Crippen LogP contribution in [0.1, 0.15) is 323 Å². The Bertz CT molecular complexity index is 6040. The average Bonchev–Trinajstić information content (AvgIpc) is 0.813. The van der Waals surface area contributed by atoms with Crippen LogP contribution < -0.4 is 18.9 Å². The maximum absolute atomic E-state index is 11.7. The number of hydrogen-bond donors (Lipinski definition) is 2. The van der Waals surface area contributed by atoms with E-state index in [1.54, 1.807) is 24.3 Å². The van der Waals surface area contributed by atoms with Crippen LogP contribution in [0.2, 0.25) is 0 Å². The van der Waals surface area contributed by atoms with Gasteiger partial charge in [-0.25, -0.2) is 9.59 Å². The van der Waals surface area contributed by atoms with E-state index in [-0.39, 0.29) is 79.4 Å². The number of allylic oxidation sites excluding steroid dienone is 10. The number of carbonyl (C=O) groups is 3. The van der Waals surface area contributed by atoms with Crippen LogP contribution in [0.15, 0.2) is 276 Å². The van der Waals surface area contributed by atoms with Gasteiger partial charge in [-0.1, -0.05) is 381 Å². The van der Waals surface area contributed by atoms with Gasteiger partial charge < -0.3 is 15.7 Å². The first-order valence-electron chi connectivity index (χ1n) is 46.3. The van der Waals surface area contributed by atoms with E-state index in [9.17, 15) is 14.4 Å². The van der Waals surface area contributed by atoms with Crippen LogP contribution in [0.25, 0.3) is 82.5 Å². The van der Waals surface area contributed by atoms with E-state index in [0.717, 1.165) is 70.8 Å². The van der Waals surface area contributed by atoms with Crippen molar-refractivity contribution in [1.29, 1.82) is 0 Å². The van der Waals surface area contributed by atoms with Crippen molar-refractivity contribution in [2.24, 2.45) is 0 Å². The predicted molar refractivity (Wildman–Crippen MR) is 603 cm³/mol. The van der Waals surface area contributed by atoms with Gasteiger partial charge in [0.05, 0.1) is 21.8 Å². The van der Waals surface area contributed by atoms with Crippen molar-refractivity contribution < 1.29 is 55.1 Å². The Morgan fingerprint density at radius 2 is 0.514 bits per heavy atom. The fourth-order valence-corrected chi connectivity index (χ4v) is 18.0. The fraction of sp³-hybridized carbons (Fsp3) is 0.282. The van der Waals surface area contributed by atoms with Gasteiger partial charge in [-0.3, -0.25) is 9.50 Å². The number of fused-ring (bicyclic) bond motifs is 6. The SMILES string of the molecule is C=Cc1ccc(C)cc1.CC1(C)CCC(=O)c2cc(Br)ccc21.CC1=CCC(C)(C)c2ccc(/C=C/c3ccc(C(=O)O)cc3)cc21.CC1=CCC(C)(C)c2ccc(/C=C/c3ccc(C(=O)O)cc3)cc21.CC1=CCC(C)(C)c2ccc(/C=C/c3ccc(C)cc3)cc21.CC1=CCC(C)(C)c2ccc(/C=C/c3ccc(C)cc3)cc21.CC1=CCC(C)(C)c2ccc(Br)cc21.ClCCl.ClCCl.F.[3HH].[Li+].[OH-].